The Morgan fingerprint density at radius 3 is 2.22 bits per heavy atom. The minimum atomic E-state index is -1.37. The number of carbonyl (C=O) groups excluding carboxylic acids is 1. The second-order valence-corrected chi connectivity index (χ2v) is 13.9. The molecule has 0 N–H and O–H groups in total. The summed E-state index contributed by atoms with van der Waals surface area (Å²) < 4.78 is 6.17. The first-order valence-electron chi connectivity index (χ1n) is 6.97. The van der Waals surface area contributed by atoms with Crippen LogP contribution in [0.3, 0.4) is 0 Å². The number of esters is 1. The molecule has 2 nitrogen and oxygen atoms in total. The molecule has 0 saturated heterocycles. The molecule has 96 valence electrons. The number of allylic oxidation sites excluding steroid dienone is 2. The summed E-state index contributed by atoms with van der Waals surface area (Å²) in [4.78, 5) is 11.3. The van der Waals surface area contributed by atoms with Crippen LogP contribution in [0, 0.1) is 35.5 Å². The molecular formula is C14H19ClHgO2. The molecule has 8 atom stereocenters. The standard InChI is InChI=1S/C14H19O2.ClH.Hg/c1-7-8(2)11-5-4-10(7)12-6-13(14(11)12)16-9(3)15;;/h4-8,10-14H,1-3H3;1H;/q;;+1/p-1/t7-,8+,10-,11+,12-,13+,14+;;/m0../s1. The van der Waals surface area contributed by atoms with Crippen molar-refractivity contribution in [3.8, 4) is 0 Å². The minimum absolute atomic E-state index is 0.131. The molecule has 0 aromatic carbocycles. The van der Waals surface area contributed by atoms with Crippen molar-refractivity contribution in [1.82, 2.24) is 0 Å². The number of carbonyl (C=O) groups is 1. The van der Waals surface area contributed by atoms with Gasteiger partial charge < -0.3 is 0 Å². The van der Waals surface area contributed by atoms with Gasteiger partial charge in [0.25, 0.3) is 0 Å². The molecule has 4 heteroatoms. The van der Waals surface area contributed by atoms with Crippen LogP contribution in [0.2, 0.25) is 3.43 Å². The van der Waals surface area contributed by atoms with Gasteiger partial charge in [0.1, 0.15) is 0 Å². The van der Waals surface area contributed by atoms with Crippen LogP contribution in [0.4, 0.5) is 0 Å². The van der Waals surface area contributed by atoms with Gasteiger partial charge in [0, 0.05) is 0 Å². The van der Waals surface area contributed by atoms with E-state index in [0.717, 1.165) is 11.8 Å². The van der Waals surface area contributed by atoms with Crippen LogP contribution in [0.1, 0.15) is 20.8 Å². The Morgan fingerprint density at radius 1 is 1.17 bits per heavy atom. The molecule has 0 radical (unpaired) electrons. The fourth-order valence-electron chi connectivity index (χ4n) is 4.70. The van der Waals surface area contributed by atoms with Crippen LogP contribution < -0.4 is 0 Å². The van der Waals surface area contributed by atoms with E-state index in [9.17, 15) is 4.79 Å². The van der Waals surface area contributed by atoms with E-state index in [-0.39, 0.29) is 12.1 Å². The molecule has 4 rings (SSSR count). The molecule has 2 fully saturated rings. The molecule has 18 heavy (non-hydrogen) atoms. The molecule has 0 aromatic heterocycles. The molecule has 2 saturated carbocycles. The maximum atomic E-state index is 11.3. The van der Waals surface area contributed by atoms with Gasteiger partial charge in [-0.05, 0) is 0 Å². The number of rotatable bonds is 2. The summed E-state index contributed by atoms with van der Waals surface area (Å²) in [6, 6.07) is 0. The fraction of sp³-hybridized carbons (Fsp3) is 0.786. The normalized spacial score (nSPS) is 52.2. The molecule has 0 aromatic rings. The topological polar surface area (TPSA) is 26.3 Å². The van der Waals surface area contributed by atoms with Gasteiger partial charge in [-0.15, -0.1) is 0 Å². The summed E-state index contributed by atoms with van der Waals surface area (Å²) in [5.74, 6) is 3.94. The summed E-state index contributed by atoms with van der Waals surface area (Å²) in [5, 5.41) is 0. The van der Waals surface area contributed by atoms with Gasteiger partial charge in [0.2, 0.25) is 0 Å². The first-order valence-corrected chi connectivity index (χ1v) is 16.9. The van der Waals surface area contributed by atoms with Crippen molar-refractivity contribution >= 4 is 14.2 Å². The average molecular weight is 455 g/mol. The van der Waals surface area contributed by atoms with E-state index >= 15 is 0 Å². The first-order chi connectivity index (χ1) is 8.56. The van der Waals surface area contributed by atoms with Crippen molar-refractivity contribution in [3.05, 3.63) is 12.2 Å². The second kappa shape index (κ2) is 4.77. The van der Waals surface area contributed by atoms with Crippen LogP contribution in [-0.4, -0.2) is 12.1 Å². The Morgan fingerprint density at radius 2 is 1.72 bits per heavy atom. The molecule has 4 aliphatic rings. The predicted molar refractivity (Wildman–Crippen MR) is 66.6 cm³/mol. The van der Waals surface area contributed by atoms with Gasteiger partial charge in [0.05, 0.1) is 0 Å². The number of ether oxygens (including phenoxy) is 1. The third kappa shape index (κ3) is 1.74. The number of fused-ring (bicyclic) bond motifs is 1. The Balaban J connectivity index is 1.87. The van der Waals surface area contributed by atoms with Crippen LogP contribution in [-0.2, 0) is 32.9 Å². The van der Waals surface area contributed by atoms with E-state index in [1.165, 1.54) is 6.92 Å². The van der Waals surface area contributed by atoms with Gasteiger partial charge in [-0.2, -0.15) is 0 Å². The van der Waals surface area contributed by atoms with Crippen molar-refractivity contribution < 1.29 is 32.9 Å². The summed E-state index contributed by atoms with van der Waals surface area (Å²) in [6.07, 6.45) is 4.96. The number of hydrogen-bond acceptors (Lipinski definition) is 2. The van der Waals surface area contributed by atoms with Gasteiger partial charge in [0.15, 0.2) is 0 Å². The van der Waals surface area contributed by atoms with Gasteiger partial charge in [-0.3, -0.25) is 0 Å². The monoisotopic (exact) mass is 456 g/mol. The van der Waals surface area contributed by atoms with Gasteiger partial charge in [-0.1, -0.05) is 0 Å². The van der Waals surface area contributed by atoms with Crippen LogP contribution in [0.15, 0.2) is 12.2 Å². The Bertz CT molecular complexity index is 397. The van der Waals surface area contributed by atoms with Crippen LogP contribution in [0.25, 0.3) is 0 Å². The van der Waals surface area contributed by atoms with Crippen LogP contribution in [0.5, 0.6) is 0 Å². The van der Waals surface area contributed by atoms with Crippen LogP contribution >= 0.6 is 8.25 Å². The predicted octanol–water partition coefficient (Wildman–Crippen LogP) is 3.28. The quantitative estimate of drug-likeness (QED) is 0.363. The molecule has 0 heterocycles. The van der Waals surface area contributed by atoms with Gasteiger partial charge >= 0.3 is 125 Å². The van der Waals surface area contributed by atoms with Crippen molar-refractivity contribution in [2.75, 3.05) is 0 Å². The van der Waals surface area contributed by atoms with E-state index in [4.69, 9.17) is 13.0 Å². The Labute approximate surface area is 124 Å². The van der Waals surface area contributed by atoms with E-state index in [2.05, 4.69) is 26.0 Å². The second-order valence-electron chi connectivity index (χ2n) is 6.30. The van der Waals surface area contributed by atoms with E-state index in [0.29, 0.717) is 27.1 Å². The van der Waals surface area contributed by atoms with Gasteiger partial charge in [-0.25, -0.2) is 0 Å². The zero-order chi connectivity index (χ0) is 13.0. The molecule has 4 aliphatic carbocycles. The van der Waals surface area contributed by atoms with Crippen molar-refractivity contribution in [2.24, 2.45) is 35.5 Å². The number of halogens is 1. The molecule has 0 amide bonds. The zero-order valence-corrected chi connectivity index (χ0v) is 17.4. The zero-order valence-electron chi connectivity index (χ0n) is 11.2. The maximum absolute atomic E-state index is 11.3. The summed E-state index contributed by atoms with van der Waals surface area (Å²) in [6.45, 7) is 6.26. The van der Waals surface area contributed by atoms with Crippen molar-refractivity contribution in [2.45, 2.75) is 30.3 Å². The number of hydrogen-bond donors (Lipinski definition) is 0. The average Bonchev–Trinajstić information content (AvgIpc) is 2.32. The third-order valence-corrected chi connectivity index (χ3v) is 14.1. The molecule has 0 aliphatic heterocycles. The Hall–Kier alpha value is 0.435. The summed E-state index contributed by atoms with van der Waals surface area (Å²) in [5.41, 5.74) is 0. The Kier molecular flexibility index (Phi) is 3.55. The third-order valence-electron chi connectivity index (χ3n) is 5.71. The SMILES string of the molecule is CC(=O)O[C@@H]1[C@@H]([Hg][Cl])[C@H]2[C@H]3C=C[C@H]([C@H](C)[C@@H]3C)[C@@H]12. The van der Waals surface area contributed by atoms with Crippen molar-refractivity contribution in [3.63, 3.8) is 0 Å². The molecular weight excluding hydrogens is 436 g/mol. The first kappa shape index (κ1) is 13.4. The molecule has 0 spiro atoms. The molecule has 0 unspecified atom stereocenters. The van der Waals surface area contributed by atoms with Crippen molar-refractivity contribution in [1.29, 1.82) is 0 Å². The molecule has 2 bridgehead atoms. The van der Waals surface area contributed by atoms with E-state index < -0.39 is 23.3 Å². The summed E-state index contributed by atoms with van der Waals surface area (Å²) >= 11 is -1.37. The summed E-state index contributed by atoms with van der Waals surface area (Å²) in [7, 11) is 6.33. The fourth-order valence-corrected chi connectivity index (χ4v) is 13.6. The van der Waals surface area contributed by atoms with E-state index in [1.54, 1.807) is 0 Å². The van der Waals surface area contributed by atoms with E-state index in [1.807, 2.05) is 0 Å².